The van der Waals surface area contributed by atoms with Gasteiger partial charge in [-0.1, -0.05) is 11.6 Å². The number of hydrogen-bond donors (Lipinski definition) is 1. The van der Waals surface area contributed by atoms with Crippen molar-refractivity contribution >= 4 is 28.8 Å². The molecule has 1 N–H and O–H groups in total. The number of nitrogens with zero attached hydrogens (tertiary/aromatic N) is 2. The Bertz CT molecular complexity index is 515. The van der Waals surface area contributed by atoms with Crippen molar-refractivity contribution in [3.8, 4) is 0 Å². The van der Waals surface area contributed by atoms with E-state index >= 15 is 0 Å². The summed E-state index contributed by atoms with van der Waals surface area (Å²) in [5, 5.41) is 5.92. The average molecular weight is 268 g/mol. The van der Waals surface area contributed by atoms with E-state index < -0.39 is 0 Å². The van der Waals surface area contributed by atoms with E-state index in [4.69, 9.17) is 11.6 Å². The summed E-state index contributed by atoms with van der Waals surface area (Å²) < 4.78 is 0. The lowest BCUT2D eigenvalue weighted by Gasteiger charge is -2.11. The third-order valence-corrected chi connectivity index (χ3v) is 3.45. The average Bonchev–Trinajstić information content (AvgIpc) is 2.82. The summed E-state index contributed by atoms with van der Waals surface area (Å²) in [5.74, 6) is -0.222. The van der Waals surface area contributed by atoms with Crippen LogP contribution in [0.25, 0.3) is 0 Å². The molecule has 0 aromatic carbocycles. The fourth-order valence-corrected chi connectivity index (χ4v) is 2.19. The molecule has 2 aromatic heterocycles. The highest BCUT2D eigenvalue weighted by atomic mass is 35.5. The molecule has 0 aliphatic heterocycles. The highest BCUT2D eigenvalue weighted by Crippen LogP contribution is 2.17. The molecule has 0 aliphatic carbocycles. The highest BCUT2D eigenvalue weighted by molar-refractivity contribution is 7.09. The van der Waals surface area contributed by atoms with Gasteiger partial charge in [0, 0.05) is 24.0 Å². The van der Waals surface area contributed by atoms with Crippen molar-refractivity contribution in [3.05, 3.63) is 45.6 Å². The Labute approximate surface area is 108 Å². The summed E-state index contributed by atoms with van der Waals surface area (Å²) in [7, 11) is 0. The largest absolute Gasteiger partial charge is 0.343 e. The smallest absolute Gasteiger partial charge is 0.253 e. The maximum atomic E-state index is 11.9. The lowest BCUT2D eigenvalue weighted by atomic mass is 10.2. The second-order valence-corrected chi connectivity index (χ2v) is 4.75. The van der Waals surface area contributed by atoms with Crippen LogP contribution in [0.2, 0.25) is 5.02 Å². The molecule has 0 radical (unpaired) electrons. The van der Waals surface area contributed by atoms with Crippen LogP contribution in [0.4, 0.5) is 0 Å². The predicted molar refractivity (Wildman–Crippen MR) is 67.2 cm³/mol. The Morgan fingerprint density at radius 1 is 1.53 bits per heavy atom. The molecule has 0 spiro atoms. The number of rotatable bonds is 3. The summed E-state index contributed by atoms with van der Waals surface area (Å²) in [6.07, 6.45) is 4.70. The number of hydrogen-bond acceptors (Lipinski definition) is 4. The lowest BCUT2D eigenvalue weighted by molar-refractivity contribution is 0.0940. The zero-order chi connectivity index (χ0) is 12.3. The first kappa shape index (κ1) is 12.0. The van der Waals surface area contributed by atoms with Crippen molar-refractivity contribution in [2.45, 2.75) is 13.0 Å². The minimum atomic E-state index is -0.222. The maximum Gasteiger partial charge on any atom is 0.253 e. The van der Waals surface area contributed by atoms with Crippen LogP contribution in [-0.4, -0.2) is 15.9 Å². The third-order valence-electron chi connectivity index (χ3n) is 2.19. The van der Waals surface area contributed by atoms with E-state index in [0.29, 0.717) is 10.6 Å². The van der Waals surface area contributed by atoms with Gasteiger partial charge in [-0.3, -0.25) is 9.78 Å². The van der Waals surface area contributed by atoms with Crippen molar-refractivity contribution in [2.24, 2.45) is 0 Å². The predicted octanol–water partition coefficient (Wildman–Crippen LogP) is 2.68. The van der Waals surface area contributed by atoms with Gasteiger partial charge in [0.1, 0.15) is 5.01 Å². The minimum Gasteiger partial charge on any atom is -0.343 e. The van der Waals surface area contributed by atoms with Crippen LogP contribution in [-0.2, 0) is 0 Å². The van der Waals surface area contributed by atoms with Gasteiger partial charge in [0.15, 0.2) is 0 Å². The molecule has 0 bridgehead atoms. The van der Waals surface area contributed by atoms with E-state index in [1.807, 2.05) is 12.3 Å². The molecule has 88 valence electrons. The van der Waals surface area contributed by atoms with Crippen LogP contribution in [0.1, 0.15) is 28.3 Å². The SMILES string of the molecule is CC(NC(=O)c1ccncc1Cl)c1nccs1. The molecule has 1 atom stereocenters. The number of halogens is 1. The third kappa shape index (κ3) is 2.81. The van der Waals surface area contributed by atoms with Crippen molar-refractivity contribution in [2.75, 3.05) is 0 Å². The molecule has 4 nitrogen and oxygen atoms in total. The maximum absolute atomic E-state index is 11.9. The van der Waals surface area contributed by atoms with E-state index in [1.54, 1.807) is 12.3 Å². The zero-order valence-electron chi connectivity index (χ0n) is 9.05. The van der Waals surface area contributed by atoms with Crippen molar-refractivity contribution in [1.29, 1.82) is 0 Å². The van der Waals surface area contributed by atoms with Gasteiger partial charge in [0.2, 0.25) is 0 Å². The molecule has 0 saturated carbocycles. The first-order valence-electron chi connectivity index (χ1n) is 4.98. The van der Waals surface area contributed by atoms with Crippen LogP contribution in [0.5, 0.6) is 0 Å². The Balaban J connectivity index is 2.10. The van der Waals surface area contributed by atoms with Crippen molar-refractivity contribution < 1.29 is 4.79 Å². The Morgan fingerprint density at radius 2 is 2.35 bits per heavy atom. The molecule has 2 aromatic rings. The van der Waals surface area contributed by atoms with Crippen LogP contribution in [0.3, 0.4) is 0 Å². The van der Waals surface area contributed by atoms with E-state index in [2.05, 4.69) is 15.3 Å². The Morgan fingerprint density at radius 3 is 3.00 bits per heavy atom. The van der Waals surface area contributed by atoms with Gasteiger partial charge in [0.05, 0.1) is 16.6 Å². The van der Waals surface area contributed by atoms with Gasteiger partial charge in [-0.2, -0.15) is 0 Å². The summed E-state index contributed by atoms with van der Waals surface area (Å²) >= 11 is 7.39. The van der Waals surface area contributed by atoms with Gasteiger partial charge in [-0.15, -0.1) is 11.3 Å². The standard InChI is InChI=1S/C11H10ClN3OS/c1-7(11-14-4-5-17-11)15-10(16)8-2-3-13-6-9(8)12/h2-7H,1H3,(H,15,16). The molecule has 6 heteroatoms. The molecule has 17 heavy (non-hydrogen) atoms. The van der Waals surface area contributed by atoms with E-state index in [-0.39, 0.29) is 11.9 Å². The van der Waals surface area contributed by atoms with Crippen LogP contribution in [0, 0.1) is 0 Å². The monoisotopic (exact) mass is 267 g/mol. The minimum absolute atomic E-state index is 0.133. The van der Waals surface area contributed by atoms with E-state index in [0.717, 1.165) is 5.01 Å². The highest BCUT2D eigenvalue weighted by Gasteiger charge is 2.15. The molecule has 2 rings (SSSR count). The molecule has 2 heterocycles. The summed E-state index contributed by atoms with van der Waals surface area (Å²) in [6.45, 7) is 1.88. The molecule has 0 aliphatic rings. The summed E-state index contributed by atoms with van der Waals surface area (Å²) in [5.41, 5.74) is 0.421. The number of amides is 1. The van der Waals surface area contributed by atoms with Crippen molar-refractivity contribution in [3.63, 3.8) is 0 Å². The van der Waals surface area contributed by atoms with Gasteiger partial charge < -0.3 is 5.32 Å². The first-order chi connectivity index (χ1) is 8.18. The fourth-order valence-electron chi connectivity index (χ4n) is 1.34. The lowest BCUT2D eigenvalue weighted by Crippen LogP contribution is -2.26. The number of carbonyl (C=O) groups is 1. The number of thiazole rings is 1. The van der Waals surface area contributed by atoms with E-state index in [1.165, 1.54) is 23.7 Å². The molecular formula is C11H10ClN3OS. The molecule has 1 amide bonds. The second-order valence-electron chi connectivity index (χ2n) is 3.42. The number of nitrogens with one attached hydrogen (secondary N) is 1. The molecular weight excluding hydrogens is 258 g/mol. The topological polar surface area (TPSA) is 54.9 Å². The number of pyridine rings is 1. The Hall–Kier alpha value is -1.46. The van der Waals surface area contributed by atoms with Gasteiger partial charge in [-0.05, 0) is 13.0 Å². The van der Waals surface area contributed by atoms with Crippen LogP contribution < -0.4 is 5.32 Å². The fraction of sp³-hybridized carbons (Fsp3) is 0.182. The summed E-state index contributed by atoms with van der Waals surface area (Å²) in [4.78, 5) is 19.9. The number of aromatic nitrogens is 2. The molecule has 0 saturated heterocycles. The second kappa shape index (κ2) is 5.25. The van der Waals surface area contributed by atoms with Gasteiger partial charge in [0.25, 0.3) is 5.91 Å². The zero-order valence-corrected chi connectivity index (χ0v) is 10.6. The Kier molecular flexibility index (Phi) is 3.71. The normalized spacial score (nSPS) is 12.1. The first-order valence-corrected chi connectivity index (χ1v) is 6.24. The number of carbonyl (C=O) groups excluding carboxylic acids is 1. The van der Waals surface area contributed by atoms with E-state index in [9.17, 15) is 4.79 Å². The molecule has 0 fully saturated rings. The van der Waals surface area contributed by atoms with Gasteiger partial charge >= 0.3 is 0 Å². The summed E-state index contributed by atoms with van der Waals surface area (Å²) in [6, 6.07) is 1.46. The van der Waals surface area contributed by atoms with Gasteiger partial charge in [-0.25, -0.2) is 4.98 Å². The van der Waals surface area contributed by atoms with Crippen LogP contribution >= 0.6 is 22.9 Å². The quantitative estimate of drug-likeness (QED) is 0.930. The van der Waals surface area contributed by atoms with Crippen molar-refractivity contribution in [1.82, 2.24) is 15.3 Å². The molecule has 1 unspecified atom stereocenters. The van der Waals surface area contributed by atoms with Crippen LogP contribution in [0.15, 0.2) is 30.0 Å².